The summed E-state index contributed by atoms with van der Waals surface area (Å²) in [6, 6.07) is 0. The number of amides is 1. The molecule has 0 spiro atoms. The maximum atomic E-state index is 11.9. The summed E-state index contributed by atoms with van der Waals surface area (Å²) < 4.78 is 1.38. The molecule has 19 heavy (non-hydrogen) atoms. The SMILES string of the molecule is O=C(Cn1ccnn1)NC1(C(=O)O)CCCCCC1. The molecule has 2 N–H and O–H groups in total. The van der Waals surface area contributed by atoms with Crippen molar-refractivity contribution in [3.8, 4) is 0 Å². The first-order chi connectivity index (χ1) is 9.12. The maximum Gasteiger partial charge on any atom is 0.329 e. The minimum absolute atomic E-state index is 0.00493. The summed E-state index contributed by atoms with van der Waals surface area (Å²) in [5, 5.41) is 19.4. The molecule has 104 valence electrons. The van der Waals surface area contributed by atoms with Gasteiger partial charge in [0.15, 0.2) is 0 Å². The number of nitrogens with one attached hydrogen (secondary N) is 1. The second-order valence-corrected chi connectivity index (χ2v) is 4.95. The normalized spacial score (nSPS) is 18.5. The Kier molecular flexibility index (Phi) is 4.13. The van der Waals surface area contributed by atoms with E-state index in [0.717, 1.165) is 25.7 Å². The van der Waals surface area contributed by atoms with Gasteiger partial charge in [0.2, 0.25) is 5.91 Å². The fraction of sp³-hybridized carbons (Fsp3) is 0.667. The molecule has 1 amide bonds. The van der Waals surface area contributed by atoms with Gasteiger partial charge < -0.3 is 10.4 Å². The fourth-order valence-electron chi connectivity index (χ4n) is 2.50. The summed E-state index contributed by atoms with van der Waals surface area (Å²) in [7, 11) is 0. The number of hydrogen-bond donors (Lipinski definition) is 2. The molecule has 0 bridgehead atoms. The Morgan fingerprint density at radius 1 is 1.26 bits per heavy atom. The molecule has 1 aliphatic rings. The number of rotatable bonds is 4. The lowest BCUT2D eigenvalue weighted by atomic mass is 9.90. The number of carbonyl (C=O) groups is 2. The van der Waals surface area contributed by atoms with E-state index in [1.807, 2.05) is 0 Å². The van der Waals surface area contributed by atoms with Crippen molar-refractivity contribution in [2.75, 3.05) is 0 Å². The predicted octanol–water partition coefficient (Wildman–Crippen LogP) is 0.572. The molecule has 0 unspecified atom stereocenters. The van der Waals surface area contributed by atoms with Gasteiger partial charge in [0, 0.05) is 6.20 Å². The number of carboxylic acids is 1. The Labute approximate surface area is 111 Å². The van der Waals surface area contributed by atoms with E-state index in [1.165, 1.54) is 10.9 Å². The summed E-state index contributed by atoms with van der Waals surface area (Å²) in [6.07, 6.45) is 7.73. The van der Waals surface area contributed by atoms with Crippen molar-refractivity contribution >= 4 is 11.9 Å². The molecule has 0 radical (unpaired) electrons. The molecule has 7 heteroatoms. The van der Waals surface area contributed by atoms with E-state index < -0.39 is 11.5 Å². The molecule has 1 aliphatic carbocycles. The van der Waals surface area contributed by atoms with E-state index in [2.05, 4.69) is 15.6 Å². The highest BCUT2D eigenvalue weighted by Gasteiger charge is 2.39. The molecule has 1 heterocycles. The zero-order valence-corrected chi connectivity index (χ0v) is 10.7. The summed E-state index contributed by atoms with van der Waals surface area (Å²) in [4.78, 5) is 23.5. The van der Waals surface area contributed by atoms with Crippen LogP contribution < -0.4 is 5.32 Å². The van der Waals surface area contributed by atoms with E-state index >= 15 is 0 Å². The van der Waals surface area contributed by atoms with Crippen LogP contribution in [0.2, 0.25) is 0 Å². The monoisotopic (exact) mass is 266 g/mol. The molecule has 1 saturated carbocycles. The number of hydrogen-bond acceptors (Lipinski definition) is 4. The van der Waals surface area contributed by atoms with E-state index in [-0.39, 0.29) is 12.5 Å². The lowest BCUT2D eigenvalue weighted by Crippen LogP contribution is -2.55. The molecule has 0 aliphatic heterocycles. The van der Waals surface area contributed by atoms with Gasteiger partial charge in [-0.25, -0.2) is 9.48 Å². The van der Waals surface area contributed by atoms with Crippen LogP contribution in [0.25, 0.3) is 0 Å². The Morgan fingerprint density at radius 3 is 2.47 bits per heavy atom. The van der Waals surface area contributed by atoms with Crippen molar-refractivity contribution in [3.05, 3.63) is 12.4 Å². The molecule has 2 rings (SSSR count). The minimum Gasteiger partial charge on any atom is -0.480 e. The van der Waals surface area contributed by atoms with Crippen molar-refractivity contribution in [3.63, 3.8) is 0 Å². The van der Waals surface area contributed by atoms with E-state index in [9.17, 15) is 14.7 Å². The van der Waals surface area contributed by atoms with Crippen molar-refractivity contribution in [1.82, 2.24) is 20.3 Å². The van der Waals surface area contributed by atoms with Gasteiger partial charge >= 0.3 is 5.97 Å². The smallest absolute Gasteiger partial charge is 0.329 e. The van der Waals surface area contributed by atoms with Crippen LogP contribution >= 0.6 is 0 Å². The second-order valence-electron chi connectivity index (χ2n) is 4.95. The summed E-state index contributed by atoms with van der Waals surface area (Å²) in [5.74, 6) is -1.28. The molecule has 7 nitrogen and oxygen atoms in total. The van der Waals surface area contributed by atoms with E-state index in [4.69, 9.17) is 0 Å². The zero-order valence-electron chi connectivity index (χ0n) is 10.7. The average Bonchev–Trinajstić information content (AvgIpc) is 2.73. The Bertz CT molecular complexity index is 436. The molecule has 0 atom stereocenters. The van der Waals surface area contributed by atoms with Crippen LogP contribution in [0.5, 0.6) is 0 Å². The molecular weight excluding hydrogens is 248 g/mol. The predicted molar refractivity (Wildman–Crippen MR) is 66.2 cm³/mol. The third-order valence-electron chi connectivity index (χ3n) is 3.52. The largest absolute Gasteiger partial charge is 0.480 e. The number of aromatic nitrogens is 3. The van der Waals surface area contributed by atoms with Crippen LogP contribution in [0.1, 0.15) is 38.5 Å². The summed E-state index contributed by atoms with van der Waals surface area (Å²) in [6.45, 7) is -0.00493. The summed E-state index contributed by atoms with van der Waals surface area (Å²) >= 11 is 0. The minimum atomic E-state index is -1.12. The molecule has 0 saturated heterocycles. The lowest BCUT2D eigenvalue weighted by molar-refractivity contribution is -0.148. The van der Waals surface area contributed by atoms with Crippen molar-refractivity contribution in [2.24, 2.45) is 0 Å². The highest BCUT2D eigenvalue weighted by atomic mass is 16.4. The van der Waals surface area contributed by atoms with Crippen LogP contribution in [0.3, 0.4) is 0 Å². The molecule has 1 aromatic rings. The third kappa shape index (κ3) is 3.30. The first-order valence-electron chi connectivity index (χ1n) is 6.51. The highest BCUT2D eigenvalue weighted by Crippen LogP contribution is 2.27. The third-order valence-corrected chi connectivity index (χ3v) is 3.52. The number of carboxylic acid groups (broad SMARTS) is 1. The van der Waals surface area contributed by atoms with Gasteiger partial charge in [-0.05, 0) is 12.8 Å². The van der Waals surface area contributed by atoms with Crippen LogP contribution in [-0.4, -0.2) is 37.5 Å². The molecule has 1 fully saturated rings. The first kappa shape index (κ1) is 13.5. The van der Waals surface area contributed by atoms with Crippen molar-refractivity contribution in [2.45, 2.75) is 50.6 Å². The van der Waals surface area contributed by atoms with Crippen LogP contribution in [-0.2, 0) is 16.1 Å². The van der Waals surface area contributed by atoms with Gasteiger partial charge in [0.25, 0.3) is 0 Å². The van der Waals surface area contributed by atoms with Gasteiger partial charge in [-0.2, -0.15) is 0 Å². The van der Waals surface area contributed by atoms with Gasteiger partial charge in [0.1, 0.15) is 12.1 Å². The van der Waals surface area contributed by atoms with Gasteiger partial charge in [-0.3, -0.25) is 4.79 Å². The number of nitrogens with zero attached hydrogens (tertiary/aromatic N) is 3. The second kappa shape index (κ2) is 5.81. The Morgan fingerprint density at radius 2 is 1.95 bits per heavy atom. The Hall–Kier alpha value is -1.92. The zero-order chi connectivity index (χ0) is 13.7. The van der Waals surface area contributed by atoms with Gasteiger partial charge in [0.05, 0.1) is 6.20 Å². The van der Waals surface area contributed by atoms with Gasteiger partial charge in [-0.1, -0.05) is 30.9 Å². The Balaban J connectivity index is 2.03. The van der Waals surface area contributed by atoms with Crippen LogP contribution in [0.4, 0.5) is 0 Å². The first-order valence-corrected chi connectivity index (χ1v) is 6.51. The van der Waals surface area contributed by atoms with Crippen LogP contribution in [0.15, 0.2) is 12.4 Å². The summed E-state index contributed by atoms with van der Waals surface area (Å²) in [5.41, 5.74) is -1.12. The number of aliphatic carboxylic acids is 1. The molecular formula is C12H18N4O3. The topological polar surface area (TPSA) is 97.1 Å². The average molecular weight is 266 g/mol. The van der Waals surface area contributed by atoms with E-state index in [1.54, 1.807) is 6.20 Å². The van der Waals surface area contributed by atoms with Crippen molar-refractivity contribution < 1.29 is 14.7 Å². The highest BCUT2D eigenvalue weighted by molar-refractivity contribution is 5.86. The quantitative estimate of drug-likeness (QED) is 0.777. The fourth-order valence-corrected chi connectivity index (χ4v) is 2.50. The van der Waals surface area contributed by atoms with Crippen LogP contribution in [0, 0.1) is 0 Å². The molecule has 0 aromatic carbocycles. The number of carbonyl (C=O) groups excluding carboxylic acids is 1. The van der Waals surface area contributed by atoms with Gasteiger partial charge in [-0.15, -0.1) is 5.10 Å². The van der Waals surface area contributed by atoms with E-state index in [0.29, 0.717) is 12.8 Å². The maximum absolute atomic E-state index is 11.9. The molecule has 1 aromatic heterocycles. The standard InChI is InChI=1S/C12H18N4O3/c17-10(9-16-8-7-13-15-16)14-12(11(18)19)5-3-1-2-4-6-12/h7-8H,1-6,9H2,(H,14,17)(H,18,19). The lowest BCUT2D eigenvalue weighted by Gasteiger charge is -2.29. The van der Waals surface area contributed by atoms with Crippen molar-refractivity contribution in [1.29, 1.82) is 0 Å².